The van der Waals surface area contributed by atoms with E-state index in [0.29, 0.717) is 11.4 Å². The fraction of sp³-hybridized carbons (Fsp3) is 0.421. The second-order valence-electron chi connectivity index (χ2n) is 6.90. The first-order valence-corrected chi connectivity index (χ1v) is 10.00. The number of sulfonamides is 1. The molecular formula is C19H22N2O5S. The number of ether oxygens (including phenoxy) is 2. The number of rotatable bonds is 5. The Labute approximate surface area is 159 Å². The number of nitrogens with zero attached hydrogens (tertiary/aromatic N) is 1. The molecule has 2 aromatic rings. The summed E-state index contributed by atoms with van der Waals surface area (Å²) in [6.07, 6.45) is 0.828. The van der Waals surface area contributed by atoms with Gasteiger partial charge in [-0.05, 0) is 33.8 Å². The fourth-order valence-electron chi connectivity index (χ4n) is 2.99. The van der Waals surface area contributed by atoms with Gasteiger partial charge in [0, 0.05) is 12.0 Å². The highest BCUT2D eigenvalue weighted by Crippen LogP contribution is 2.41. The van der Waals surface area contributed by atoms with Gasteiger partial charge in [-0.15, -0.1) is 0 Å². The highest BCUT2D eigenvalue weighted by molar-refractivity contribution is 7.89. The average Bonchev–Trinajstić information content (AvgIpc) is 3.08. The summed E-state index contributed by atoms with van der Waals surface area (Å²) in [7, 11) is -3.71. The van der Waals surface area contributed by atoms with E-state index in [2.05, 4.69) is 21.7 Å². The monoisotopic (exact) mass is 390 g/mol. The Hall–Kier alpha value is -2.50. The Bertz CT molecular complexity index is 993. The molecule has 0 aliphatic carbocycles. The van der Waals surface area contributed by atoms with Crippen LogP contribution in [0.15, 0.2) is 27.6 Å². The summed E-state index contributed by atoms with van der Waals surface area (Å²) in [6.45, 7) is 7.28. The Balaban J connectivity index is 1.55. The van der Waals surface area contributed by atoms with Gasteiger partial charge in [-0.2, -0.15) is 4.72 Å². The van der Waals surface area contributed by atoms with Gasteiger partial charge >= 0.3 is 0 Å². The smallest absolute Gasteiger partial charge is 0.246 e. The van der Waals surface area contributed by atoms with E-state index in [9.17, 15) is 8.42 Å². The van der Waals surface area contributed by atoms with Crippen molar-refractivity contribution < 1.29 is 22.4 Å². The Kier molecular flexibility index (Phi) is 5.18. The van der Waals surface area contributed by atoms with E-state index in [1.54, 1.807) is 13.8 Å². The molecule has 0 unspecified atom stereocenters. The second kappa shape index (κ2) is 7.25. The molecule has 0 fully saturated rings. The molecule has 3 rings (SSSR count). The first kappa shape index (κ1) is 19.3. The number of nitrogens with one attached hydrogen (secondary N) is 1. The maximum absolute atomic E-state index is 12.3. The van der Waals surface area contributed by atoms with Crippen LogP contribution in [0.1, 0.15) is 30.9 Å². The molecule has 1 aliphatic heterocycles. The molecule has 144 valence electrons. The van der Waals surface area contributed by atoms with Gasteiger partial charge in [0.1, 0.15) is 22.8 Å². The van der Waals surface area contributed by atoms with Gasteiger partial charge in [0.15, 0.2) is 17.3 Å². The molecule has 7 nitrogen and oxygen atoms in total. The van der Waals surface area contributed by atoms with Crippen molar-refractivity contribution >= 4 is 10.0 Å². The summed E-state index contributed by atoms with van der Waals surface area (Å²) in [5.41, 5.74) is 1.18. The minimum absolute atomic E-state index is 0.0355. The van der Waals surface area contributed by atoms with Crippen molar-refractivity contribution in [2.75, 3.05) is 13.2 Å². The molecule has 2 heterocycles. The summed E-state index contributed by atoms with van der Waals surface area (Å²) in [5.74, 6) is 7.18. The zero-order chi connectivity index (χ0) is 19.7. The van der Waals surface area contributed by atoms with Crippen LogP contribution in [0, 0.1) is 25.7 Å². The van der Waals surface area contributed by atoms with Crippen molar-refractivity contribution in [3.63, 3.8) is 0 Å². The van der Waals surface area contributed by atoms with Crippen LogP contribution in [0.5, 0.6) is 11.5 Å². The van der Waals surface area contributed by atoms with E-state index in [1.165, 1.54) is 0 Å². The minimum Gasteiger partial charge on any atom is -0.483 e. The molecule has 8 heteroatoms. The highest BCUT2D eigenvalue weighted by Gasteiger charge is 2.32. The Morgan fingerprint density at radius 3 is 2.78 bits per heavy atom. The lowest BCUT2D eigenvalue weighted by Crippen LogP contribution is -2.25. The van der Waals surface area contributed by atoms with Gasteiger partial charge in [0.25, 0.3) is 0 Å². The van der Waals surface area contributed by atoms with Crippen molar-refractivity contribution in [2.45, 2.75) is 44.6 Å². The minimum atomic E-state index is -3.71. The van der Waals surface area contributed by atoms with Crippen molar-refractivity contribution in [1.29, 1.82) is 0 Å². The molecule has 0 bridgehead atoms. The molecule has 1 aromatic heterocycles. The maximum atomic E-state index is 12.3. The van der Waals surface area contributed by atoms with Crippen LogP contribution in [0.4, 0.5) is 0 Å². The molecule has 0 saturated heterocycles. The predicted octanol–water partition coefficient (Wildman–Crippen LogP) is 2.37. The van der Waals surface area contributed by atoms with Crippen LogP contribution < -0.4 is 14.2 Å². The second-order valence-corrected chi connectivity index (χ2v) is 8.61. The molecule has 1 aromatic carbocycles. The molecule has 0 spiro atoms. The third-order valence-electron chi connectivity index (χ3n) is 4.07. The summed E-state index contributed by atoms with van der Waals surface area (Å²) in [4.78, 5) is 0.0557. The van der Waals surface area contributed by atoms with Crippen LogP contribution in [0.2, 0.25) is 0 Å². The number of para-hydroxylation sites is 1. The zero-order valence-corrected chi connectivity index (χ0v) is 16.6. The SMILES string of the molecule is Cc1noc(C)c1S(=O)(=O)NCC#CCOc1cccc2c1OC(C)(C)C2. The van der Waals surface area contributed by atoms with Crippen molar-refractivity contribution in [3.05, 3.63) is 35.2 Å². The number of fused-ring (bicyclic) bond motifs is 1. The van der Waals surface area contributed by atoms with Gasteiger partial charge in [0.05, 0.1) is 6.54 Å². The highest BCUT2D eigenvalue weighted by atomic mass is 32.2. The molecular weight excluding hydrogens is 368 g/mol. The standard InChI is InChI=1S/C19H22N2O5S/c1-13-18(14(2)26-21-13)27(22,23)20-10-5-6-11-24-16-9-7-8-15-12-19(3,4)25-17(15)16/h7-9,20H,10-12H2,1-4H3. The largest absolute Gasteiger partial charge is 0.483 e. The number of benzene rings is 1. The number of aromatic nitrogens is 1. The summed E-state index contributed by atoms with van der Waals surface area (Å²) >= 11 is 0. The maximum Gasteiger partial charge on any atom is 0.246 e. The molecule has 0 saturated carbocycles. The van der Waals surface area contributed by atoms with Gasteiger partial charge in [-0.25, -0.2) is 8.42 Å². The molecule has 27 heavy (non-hydrogen) atoms. The normalized spacial score (nSPS) is 14.8. The van der Waals surface area contributed by atoms with Crippen LogP contribution in [0.3, 0.4) is 0 Å². The van der Waals surface area contributed by atoms with Gasteiger partial charge < -0.3 is 14.0 Å². The lowest BCUT2D eigenvalue weighted by Gasteiger charge is -2.17. The first-order chi connectivity index (χ1) is 12.7. The van der Waals surface area contributed by atoms with Crippen LogP contribution in [-0.4, -0.2) is 32.3 Å². The van der Waals surface area contributed by atoms with E-state index >= 15 is 0 Å². The zero-order valence-electron chi connectivity index (χ0n) is 15.8. The third-order valence-corrected chi connectivity index (χ3v) is 5.71. The molecule has 1 N–H and O–H groups in total. The Morgan fingerprint density at radius 2 is 2.07 bits per heavy atom. The van der Waals surface area contributed by atoms with Gasteiger partial charge in [-0.1, -0.05) is 29.1 Å². The van der Waals surface area contributed by atoms with Crippen molar-refractivity contribution in [2.24, 2.45) is 0 Å². The lowest BCUT2D eigenvalue weighted by atomic mass is 10.0. The van der Waals surface area contributed by atoms with Gasteiger partial charge in [-0.3, -0.25) is 0 Å². The summed E-state index contributed by atoms with van der Waals surface area (Å²) < 4.78 is 43.4. The summed E-state index contributed by atoms with van der Waals surface area (Å²) in [5, 5.41) is 3.65. The van der Waals surface area contributed by atoms with E-state index in [4.69, 9.17) is 14.0 Å². The number of aryl methyl sites for hydroxylation is 2. The van der Waals surface area contributed by atoms with Gasteiger partial charge in [0.2, 0.25) is 10.0 Å². The average molecular weight is 390 g/mol. The quantitative estimate of drug-likeness (QED) is 0.788. The fourth-order valence-corrected chi connectivity index (χ4v) is 4.24. The van der Waals surface area contributed by atoms with E-state index < -0.39 is 10.0 Å². The third kappa shape index (κ3) is 4.26. The number of hydrogen-bond donors (Lipinski definition) is 1. The van der Waals surface area contributed by atoms with Crippen molar-refractivity contribution in [1.82, 2.24) is 9.88 Å². The molecule has 1 aliphatic rings. The topological polar surface area (TPSA) is 90.7 Å². The van der Waals surface area contributed by atoms with Crippen LogP contribution >= 0.6 is 0 Å². The lowest BCUT2D eigenvalue weighted by molar-refractivity contribution is 0.133. The Morgan fingerprint density at radius 1 is 1.30 bits per heavy atom. The first-order valence-electron chi connectivity index (χ1n) is 8.51. The predicted molar refractivity (Wildman–Crippen MR) is 99.3 cm³/mol. The van der Waals surface area contributed by atoms with Crippen LogP contribution in [0.25, 0.3) is 0 Å². The number of hydrogen-bond acceptors (Lipinski definition) is 6. The summed E-state index contributed by atoms with van der Waals surface area (Å²) in [6, 6.07) is 5.78. The van der Waals surface area contributed by atoms with E-state index in [1.807, 2.05) is 32.0 Å². The van der Waals surface area contributed by atoms with Crippen molar-refractivity contribution in [3.8, 4) is 23.3 Å². The molecule has 0 radical (unpaired) electrons. The van der Waals surface area contributed by atoms with E-state index in [-0.39, 0.29) is 29.4 Å². The van der Waals surface area contributed by atoms with E-state index in [0.717, 1.165) is 17.7 Å². The van der Waals surface area contributed by atoms with Crippen LogP contribution in [-0.2, 0) is 16.4 Å². The molecule has 0 atom stereocenters. The molecule has 0 amide bonds.